The highest BCUT2D eigenvalue weighted by Gasteiger charge is 2.27. The standard InChI is InChI=1S/C24H22N4O2/c25-14-19-8-6-18(7-9-19)12-21-15-26-17-28(21)11-10-27-16-22(29)13-23(27)24(30)20-4-2-1-3-5-20/h1-9,13,15,17,22,29H,10-12,16H2/t22-/m1/s1. The molecule has 30 heavy (non-hydrogen) atoms. The molecule has 1 aliphatic heterocycles. The summed E-state index contributed by atoms with van der Waals surface area (Å²) in [7, 11) is 0. The van der Waals surface area contributed by atoms with Crippen molar-refractivity contribution >= 4 is 5.78 Å². The van der Waals surface area contributed by atoms with Gasteiger partial charge in [-0.25, -0.2) is 4.98 Å². The Labute approximate surface area is 175 Å². The van der Waals surface area contributed by atoms with E-state index in [9.17, 15) is 9.90 Å². The first-order valence-corrected chi connectivity index (χ1v) is 9.86. The number of aromatic nitrogens is 2. The predicted octanol–water partition coefficient (Wildman–Crippen LogP) is 2.79. The molecule has 0 fully saturated rings. The number of β-amino-alcohol motifs (C(OH)–C–C–N with tert-alkyl or cyclic N) is 1. The quantitative estimate of drug-likeness (QED) is 0.619. The van der Waals surface area contributed by atoms with Gasteiger partial charge in [0.2, 0.25) is 5.78 Å². The van der Waals surface area contributed by atoms with Crippen molar-refractivity contribution in [1.82, 2.24) is 14.5 Å². The molecule has 2 heterocycles. The third kappa shape index (κ3) is 4.32. The van der Waals surface area contributed by atoms with Gasteiger partial charge >= 0.3 is 0 Å². The minimum atomic E-state index is -0.645. The number of nitrogens with zero attached hydrogens (tertiary/aromatic N) is 4. The lowest BCUT2D eigenvalue weighted by molar-refractivity contribution is 0.0991. The fourth-order valence-electron chi connectivity index (χ4n) is 3.66. The second kappa shape index (κ2) is 8.76. The summed E-state index contributed by atoms with van der Waals surface area (Å²) in [6, 6.07) is 18.8. The van der Waals surface area contributed by atoms with Crippen molar-refractivity contribution in [2.45, 2.75) is 19.1 Å². The van der Waals surface area contributed by atoms with Crippen LogP contribution in [0.3, 0.4) is 0 Å². The monoisotopic (exact) mass is 398 g/mol. The highest BCUT2D eigenvalue weighted by Crippen LogP contribution is 2.20. The highest BCUT2D eigenvalue weighted by atomic mass is 16.3. The van der Waals surface area contributed by atoms with Crippen LogP contribution >= 0.6 is 0 Å². The number of rotatable bonds is 7. The van der Waals surface area contributed by atoms with Gasteiger partial charge in [0.25, 0.3) is 0 Å². The lowest BCUT2D eigenvalue weighted by atomic mass is 10.1. The summed E-state index contributed by atoms with van der Waals surface area (Å²) in [5.41, 5.74) is 3.96. The van der Waals surface area contributed by atoms with Crippen LogP contribution in [0.2, 0.25) is 0 Å². The van der Waals surface area contributed by atoms with Crippen LogP contribution in [0.25, 0.3) is 0 Å². The van der Waals surface area contributed by atoms with Crippen molar-refractivity contribution in [2.24, 2.45) is 0 Å². The molecular weight excluding hydrogens is 376 g/mol. The lowest BCUT2D eigenvalue weighted by Gasteiger charge is -2.22. The van der Waals surface area contributed by atoms with E-state index in [1.54, 1.807) is 24.5 Å². The van der Waals surface area contributed by atoms with E-state index in [1.807, 2.05) is 53.6 Å². The molecule has 0 radical (unpaired) electrons. The molecule has 6 nitrogen and oxygen atoms in total. The molecule has 4 rings (SSSR count). The van der Waals surface area contributed by atoms with Crippen molar-refractivity contribution in [3.63, 3.8) is 0 Å². The first-order valence-electron chi connectivity index (χ1n) is 9.86. The summed E-state index contributed by atoms with van der Waals surface area (Å²) >= 11 is 0. The average molecular weight is 398 g/mol. The smallest absolute Gasteiger partial charge is 0.208 e. The molecule has 0 spiro atoms. The first-order chi connectivity index (χ1) is 14.6. The van der Waals surface area contributed by atoms with Crippen LogP contribution in [0.1, 0.15) is 27.2 Å². The number of Topliss-reactive ketones (excluding diaryl/α,β-unsaturated/α-hetero) is 1. The number of hydrogen-bond donors (Lipinski definition) is 1. The molecule has 2 aromatic carbocycles. The van der Waals surface area contributed by atoms with E-state index >= 15 is 0 Å². The van der Waals surface area contributed by atoms with Crippen LogP contribution < -0.4 is 0 Å². The third-order valence-corrected chi connectivity index (χ3v) is 5.24. The Morgan fingerprint density at radius 1 is 1.13 bits per heavy atom. The van der Waals surface area contributed by atoms with Gasteiger partial charge in [-0.3, -0.25) is 4.79 Å². The molecule has 0 amide bonds. The largest absolute Gasteiger partial charge is 0.387 e. The molecule has 0 saturated heterocycles. The van der Waals surface area contributed by atoms with Crippen LogP contribution in [-0.4, -0.2) is 44.5 Å². The number of carbonyl (C=O) groups excluding carboxylic acids is 1. The fourth-order valence-corrected chi connectivity index (χ4v) is 3.66. The van der Waals surface area contributed by atoms with Gasteiger partial charge in [0.15, 0.2) is 0 Å². The van der Waals surface area contributed by atoms with Crippen LogP contribution in [0, 0.1) is 11.3 Å². The number of nitriles is 1. The molecule has 0 unspecified atom stereocenters. The number of imidazole rings is 1. The molecule has 0 saturated carbocycles. The van der Waals surface area contributed by atoms with E-state index in [4.69, 9.17) is 5.26 Å². The minimum Gasteiger partial charge on any atom is -0.387 e. The van der Waals surface area contributed by atoms with E-state index in [0.29, 0.717) is 42.9 Å². The van der Waals surface area contributed by atoms with E-state index in [0.717, 1.165) is 11.3 Å². The molecule has 1 atom stereocenters. The van der Waals surface area contributed by atoms with Crippen LogP contribution in [0.4, 0.5) is 0 Å². The average Bonchev–Trinajstić information content (AvgIpc) is 3.38. The van der Waals surface area contributed by atoms with Gasteiger partial charge in [-0.05, 0) is 23.8 Å². The maximum absolute atomic E-state index is 12.9. The zero-order chi connectivity index (χ0) is 20.9. The number of aliphatic hydroxyl groups excluding tert-OH is 1. The second-order valence-corrected chi connectivity index (χ2v) is 7.32. The summed E-state index contributed by atoms with van der Waals surface area (Å²) in [6.07, 6.45) is 5.33. The van der Waals surface area contributed by atoms with Crippen molar-refractivity contribution in [1.29, 1.82) is 5.26 Å². The first kappa shape index (κ1) is 19.6. The summed E-state index contributed by atoms with van der Waals surface area (Å²) in [5, 5.41) is 19.0. The number of allylic oxidation sites excluding steroid dienone is 1. The molecule has 150 valence electrons. The maximum Gasteiger partial charge on any atom is 0.208 e. The zero-order valence-electron chi connectivity index (χ0n) is 16.5. The lowest BCUT2D eigenvalue weighted by Crippen LogP contribution is -2.30. The van der Waals surface area contributed by atoms with Gasteiger partial charge in [0.05, 0.1) is 29.8 Å². The van der Waals surface area contributed by atoms with Crippen molar-refractivity contribution in [2.75, 3.05) is 13.1 Å². The Bertz CT molecular complexity index is 1090. The van der Waals surface area contributed by atoms with Crippen LogP contribution in [0.5, 0.6) is 0 Å². The SMILES string of the molecule is N#Cc1ccc(Cc2cncn2CCN2C[C@H](O)C=C2C(=O)c2ccccc2)cc1. The Morgan fingerprint density at radius 2 is 1.90 bits per heavy atom. The molecule has 1 aliphatic rings. The molecule has 1 N–H and O–H groups in total. The highest BCUT2D eigenvalue weighted by molar-refractivity contribution is 6.08. The molecule has 6 heteroatoms. The molecule has 3 aromatic rings. The Balaban J connectivity index is 1.43. The number of benzene rings is 2. The van der Waals surface area contributed by atoms with Crippen molar-refractivity contribution in [3.8, 4) is 6.07 Å². The second-order valence-electron chi connectivity index (χ2n) is 7.32. The number of ketones is 1. The van der Waals surface area contributed by atoms with Crippen LogP contribution in [0.15, 0.2) is 78.9 Å². The number of carbonyl (C=O) groups is 1. The van der Waals surface area contributed by atoms with Crippen molar-refractivity contribution in [3.05, 3.63) is 101 Å². The normalized spacial score (nSPS) is 15.7. The fraction of sp³-hybridized carbons (Fsp3) is 0.208. The predicted molar refractivity (Wildman–Crippen MR) is 113 cm³/mol. The van der Waals surface area contributed by atoms with Crippen molar-refractivity contribution < 1.29 is 9.90 Å². The number of hydrogen-bond acceptors (Lipinski definition) is 5. The van der Waals surface area contributed by atoms with Gasteiger partial charge < -0.3 is 14.6 Å². The van der Waals surface area contributed by atoms with Gasteiger partial charge in [-0.2, -0.15) is 5.26 Å². The zero-order valence-corrected chi connectivity index (χ0v) is 16.5. The van der Waals surface area contributed by atoms with E-state index in [2.05, 4.69) is 15.6 Å². The molecular formula is C24H22N4O2. The van der Waals surface area contributed by atoms with E-state index < -0.39 is 6.10 Å². The summed E-state index contributed by atoms with van der Waals surface area (Å²) in [4.78, 5) is 19.1. The van der Waals surface area contributed by atoms with Crippen LogP contribution in [-0.2, 0) is 13.0 Å². The molecule has 1 aromatic heterocycles. The molecule has 0 aliphatic carbocycles. The Morgan fingerprint density at radius 3 is 2.63 bits per heavy atom. The van der Waals surface area contributed by atoms with Gasteiger partial charge in [-0.15, -0.1) is 0 Å². The molecule has 0 bridgehead atoms. The summed E-state index contributed by atoms with van der Waals surface area (Å²) in [6.45, 7) is 1.66. The maximum atomic E-state index is 12.9. The van der Waals surface area contributed by atoms with Gasteiger partial charge in [0.1, 0.15) is 0 Å². The summed E-state index contributed by atoms with van der Waals surface area (Å²) in [5.74, 6) is -0.0735. The Kier molecular flexibility index (Phi) is 5.73. The third-order valence-electron chi connectivity index (χ3n) is 5.24. The minimum absolute atomic E-state index is 0.0735. The number of aliphatic hydroxyl groups is 1. The van der Waals surface area contributed by atoms with Gasteiger partial charge in [0, 0.05) is 43.5 Å². The Hall–Kier alpha value is -3.69. The topological polar surface area (TPSA) is 82.2 Å². The van der Waals surface area contributed by atoms with E-state index in [1.165, 1.54) is 0 Å². The van der Waals surface area contributed by atoms with E-state index in [-0.39, 0.29) is 5.78 Å². The summed E-state index contributed by atoms with van der Waals surface area (Å²) < 4.78 is 2.06. The van der Waals surface area contributed by atoms with Gasteiger partial charge in [-0.1, -0.05) is 42.5 Å².